The van der Waals surface area contributed by atoms with Crippen molar-refractivity contribution in [3.63, 3.8) is 0 Å². The van der Waals surface area contributed by atoms with Crippen LogP contribution in [-0.4, -0.2) is 17.5 Å². The van der Waals surface area contributed by atoms with E-state index in [1.807, 2.05) is 31.2 Å². The van der Waals surface area contributed by atoms with Crippen molar-refractivity contribution in [3.8, 4) is 11.5 Å². The molecule has 0 fully saturated rings. The number of hydrogen-bond donors (Lipinski definition) is 2. The number of halogens is 1. The van der Waals surface area contributed by atoms with Gasteiger partial charge in [0.15, 0.2) is 17.3 Å². The molecule has 4 nitrogen and oxygen atoms in total. The first-order valence-corrected chi connectivity index (χ1v) is 11.1. The molecule has 1 aliphatic heterocycles. The number of anilines is 1. The lowest BCUT2D eigenvalue weighted by atomic mass is 9.77. The SMILES string of the molecule is CCOc1cc([C@@H]2Nc3ccc4ccccc4c3C3=C2C(=O)CCC3)cc(Br)c1O. The number of ketones is 1. The number of aromatic hydroxyl groups is 1. The molecule has 3 aromatic carbocycles. The Bertz CT molecular complexity index is 1210. The maximum Gasteiger partial charge on any atom is 0.172 e. The fourth-order valence-electron chi connectivity index (χ4n) is 4.68. The topological polar surface area (TPSA) is 58.6 Å². The van der Waals surface area contributed by atoms with Crippen LogP contribution < -0.4 is 10.1 Å². The number of nitrogens with one attached hydrogen (secondary N) is 1. The summed E-state index contributed by atoms with van der Waals surface area (Å²) in [4.78, 5) is 13.1. The van der Waals surface area contributed by atoms with Crippen LogP contribution in [0.15, 0.2) is 58.6 Å². The van der Waals surface area contributed by atoms with Crippen LogP contribution in [0.1, 0.15) is 43.4 Å². The van der Waals surface area contributed by atoms with Crippen molar-refractivity contribution in [1.29, 1.82) is 0 Å². The van der Waals surface area contributed by atoms with Gasteiger partial charge >= 0.3 is 0 Å². The molecule has 5 heteroatoms. The van der Waals surface area contributed by atoms with Crippen LogP contribution in [0.4, 0.5) is 5.69 Å². The van der Waals surface area contributed by atoms with Gasteiger partial charge < -0.3 is 15.2 Å². The number of Topliss-reactive ketones (excluding diaryl/α,β-unsaturated/α-hetero) is 1. The van der Waals surface area contributed by atoms with Gasteiger partial charge in [-0.3, -0.25) is 4.79 Å². The number of phenols is 1. The molecule has 0 unspecified atom stereocenters. The summed E-state index contributed by atoms with van der Waals surface area (Å²) in [6.07, 6.45) is 2.32. The minimum atomic E-state index is -0.280. The number of carbonyl (C=O) groups is 1. The number of benzene rings is 3. The molecule has 1 atom stereocenters. The van der Waals surface area contributed by atoms with Gasteiger partial charge in [0.2, 0.25) is 0 Å². The summed E-state index contributed by atoms with van der Waals surface area (Å²) in [6.45, 7) is 2.33. The first-order valence-electron chi connectivity index (χ1n) is 10.3. The molecule has 5 rings (SSSR count). The Labute approximate surface area is 183 Å². The van der Waals surface area contributed by atoms with Crippen LogP contribution >= 0.6 is 15.9 Å². The van der Waals surface area contributed by atoms with Crippen molar-refractivity contribution in [2.24, 2.45) is 0 Å². The molecule has 1 aliphatic carbocycles. The van der Waals surface area contributed by atoms with Crippen LogP contribution in [0.3, 0.4) is 0 Å². The van der Waals surface area contributed by atoms with Crippen molar-refractivity contribution in [3.05, 3.63) is 69.7 Å². The molecular formula is C25H22BrNO3. The highest BCUT2D eigenvalue weighted by Gasteiger charge is 2.35. The van der Waals surface area contributed by atoms with E-state index >= 15 is 0 Å². The Morgan fingerprint density at radius 2 is 2.00 bits per heavy atom. The lowest BCUT2D eigenvalue weighted by Gasteiger charge is -2.35. The van der Waals surface area contributed by atoms with E-state index in [2.05, 4.69) is 45.5 Å². The summed E-state index contributed by atoms with van der Waals surface area (Å²) in [5.41, 5.74) is 5.06. The van der Waals surface area contributed by atoms with E-state index in [1.165, 1.54) is 10.8 Å². The van der Waals surface area contributed by atoms with Gasteiger partial charge in [-0.15, -0.1) is 0 Å². The van der Waals surface area contributed by atoms with Gasteiger partial charge in [-0.05, 0) is 75.8 Å². The summed E-state index contributed by atoms with van der Waals surface area (Å²) in [5.74, 6) is 0.680. The van der Waals surface area contributed by atoms with Crippen LogP contribution in [0.25, 0.3) is 16.3 Å². The Morgan fingerprint density at radius 1 is 1.17 bits per heavy atom. The van der Waals surface area contributed by atoms with Crippen molar-refractivity contribution in [1.82, 2.24) is 0 Å². The zero-order valence-electron chi connectivity index (χ0n) is 16.7. The lowest BCUT2D eigenvalue weighted by Crippen LogP contribution is -2.27. The maximum absolute atomic E-state index is 13.1. The molecule has 0 amide bonds. The molecule has 0 spiro atoms. The monoisotopic (exact) mass is 463 g/mol. The van der Waals surface area contributed by atoms with Crippen molar-refractivity contribution >= 4 is 43.7 Å². The van der Waals surface area contributed by atoms with E-state index in [4.69, 9.17) is 4.74 Å². The molecule has 0 saturated carbocycles. The highest BCUT2D eigenvalue weighted by Crippen LogP contribution is 2.49. The minimum Gasteiger partial charge on any atom is -0.503 e. The second kappa shape index (κ2) is 7.47. The Balaban J connectivity index is 1.74. The van der Waals surface area contributed by atoms with Crippen molar-refractivity contribution < 1.29 is 14.6 Å². The third-order valence-corrected chi connectivity index (χ3v) is 6.56. The minimum absolute atomic E-state index is 0.0759. The first-order chi connectivity index (χ1) is 14.6. The second-order valence-electron chi connectivity index (χ2n) is 7.74. The number of carbonyl (C=O) groups excluding carboxylic acids is 1. The van der Waals surface area contributed by atoms with Crippen LogP contribution in [0, 0.1) is 0 Å². The summed E-state index contributed by atoms with van der Waals surface area (Å²) in [6, 6.07) is 16.0. The summed E-state index contributed by atoms with van der Waals surface area (Å²) < 4.78 is 6.19. The van der Waals surface area contributed by atoms with Gasteiger partial charge in [0.1, 0.15) is 0 Å². The average Bonchev–Trinajstić information content (AvgIpc) is 2.76. The lowest BCUT2D eigenvalue weighted by molar-refractivity contribution is -0.116. The molecule has 0 saturated heterocycles. The average molecular weight is 464 g/mol. The zero-order chi connectivity index (χ0) is 20.8. The van der Waals surface area contributed by atoms with Gasteiger partial charge in [-0.25, -0.2) is 0 Å². The maximum atomic E-state index is 13.1. The fourth-order valence-corrected chi connectivity index (χ4v) is 5.14. The predicted octanol–water partition coefficient (Wildman–Crippen LogP) is 6.38. The van der Waals surface area contributed by atoms with E-state index in [9.17, 15) is 9.90 Å². The second-order valence-corrected chi connectivity index (χ2v) is 8.59. The van der Waals surface area contributed by atoms with E-state index in [0.717, 1.165) is 40.8 Å². The van der Waals surface area contributed by atoms with Gasteiger partial charge in [-0.2, -0.15) is 0 Å². The predicted molar refractivity (Wildman–Crippen MR) is 123 cm³/mol. The van der Waals surface area contributed by atoms with Crippen LogP contribution in [0.2, 0.25) is 0 Å². The highest BCUT2D eigenvalue weighted by molar-refractivity contribution is 9.10. The summed E-state index contributed by atoms with van der Waals surface area (Å²) >= 11 is 3.44. The van der Waals surface area contributed by atoms with Crippen LogP contribution in [0.5, 0.6) is 11.5 Å². The van der Waals surface area contributed by atoms with Gasteiger partial charge in [0.25, 0.3) is 0 Å². The third kappa shape index (κ3) is 3.00. The van der Waals surface area contributed by atoms with Gasteiger partial charge in [0.05, 0.1) is 17.1 Å². The number of allylic oxidation sites excluding steroid dienone is 1. The van der Waals surface area contributed by atoms with E-state index in [0.29, 0.717) is 23.2 Å². The number of ether oxygens (including phenoxy) is 1. The molecule has 2 N–H and O–H groups in total. The summed E-state index contributed by atoms with van der Waals surface area (Å²) in [7, 11) is 0. The number of fused-ring (bicyclic) bond motifs is 4. The van der Waals surface area contributed by atoms with Gasteiger partial charge in [0, 0.05) is 23.2 Å². The molecular weight excluding hydrogens is 442 g/mol. The smallest absolute Gasteiger partial charge is 0.172 e. The largest absolute Gasteiger partial charge is 0.503 e. The van der Waals surface area contributed by atoms with E-state index in [1.54, 1.807) is 0 Å². The molecule has 30 heavy (non-hydrogen) atoms. The van der Waals surface area contributed by atoms with Crippen molar-refractivity contribution in [2.45, 2.75) is 32.2 Å². The fraction of sp³-hybridized carbons (Fsp3) is 0.240. The van der Waals surface area contributed by atoms with E-state index < -0.39 is 0 Å². The molecule has 3 aromatic rings. The highest BCUT2D eigenvalue weighted by atomic mass is 79.9. The molecule has 0 radical (unpaired) electrons. The number of phenolic OH excluding ortho intramolecular Hbond substituents is 1. The molecule has 0 aromatic heterocycles. The Morgan fingerprint density at radius 3 is 2.83 bits per heavy atom. The molecule has 152 valence electrons. The van der Waals surface area contributed by atoms with E-state index in [-0.39, 0.29) is 17.6 Å². The standard InChI is InChI=1S/C25H22BrNO3/c1-2-30-21-13-15(12-18(26)25(21)29)24-23-17(8-5-9-20(23)28)22-16-7-4-3-6-14(16)10-11-19(22)27-24/h3-4,6-7,10-13,24,27,29H,2,5,8-9H2,1H3/t24-/m0/s1. The third-order valence-electron chi connectivity index (χ3n) is 5.96. The molecule has 2 aliphatic rings. The zero-order valence-corrected chi connectivity index (χ0v) is 18.3. The number of hydrogen-bond acceptors (Lipinski definition) is 4. The Kier molecular flexibility index (Phi) is 4.78. The Hall–Kier alpha value is -2.79. The van der Waals surface area contributed by atoms with Crippen LogP contribution in [-0.2, 0) is 4.79 Å². The quantitative estimate of drug-likeness (QED) is 0.472. The normalized spacial score (nSPS) is 18.1. The first kappa shape index (κ1) is 19.2. The van der Waals surface area contributed by atoms with Crippen molar-refractivity contribution in [2.75, 3.05) is 11.9 Å². The molecule has 1 heterocycles. The number of rotatable bonds is 3. The van der Waals surface area contributed by atoms with Gasteiger partial charge in [-0.1, -0.05) is 30.3 Å². The summed E-state index contributed by atoms with van der Waals surface area (Å²) in [5, 5.41) is 16.3. The molecule has 0 bridgehead atoms.